The van der Waals surface area contributed by atoms with Gasteiger partial charge in [-0.3, -0.25) is 0 Å². The molecular formula is C15H14N2O2S. The summed E-state index contributed by atoms with van der Waals surface area (Å²) in [6.07, 6.45) is 0. The minimum absolute atomic E-state index is 0.0271. The van der Waals surface area contributed by atoms with Gasteiger partial charge >= 0.3 is 0 Å². The number of imidazole rings is 1. The molecular weight excluding hydrogens is 272 g/mol. The van der Waals surface area contributed by atoms with Crippen LogP contribution in [-0.4, -0.2) is 18.4 Å². The fourth-order valence-corrected chi connectivity index (χ4v) is 3.32. The fourth-order valence-electron chi connectivity index (χ4n) is 2.05. The molecule has 1 heterocycles. The van der Waals surface area contributed by atoms with Crippen LogP contribution in [-0.2, 0) is 15.6 Å². The lowest BCUT2D eigenvalue weighted by Crippen LogP contribution is -2.06. The SMILES string of the molecule is Cc1ccc(CS(=O)(=O)c2nc3ccccc3[nH]2)cc1. The number of para-hydroxylation sites is 2. The number of benzene rings is 2. The Morgan fingerprint density at radius 1 is 1.05 bits per heavy atom. The summed E-state index contributed by atoms with van der Waals surface area (Å²) in [7, 11) is -3.45. The minimum atomic E-state index is -3.45. The van der Waals surface area contributed by atoms with Gasteiger partial charge in [-0.2, -0.15) is 0 Å². The largest absolute Gasteiger partial charge is 0.329 e. The highest BCUT2D eigenvalue weighted by Crippen LogP contribution is 2.18. The van der Waals surface area contributed by atoms with E-state index in [1.54, 1.807) is 6.07 Å². The Labute approximate surface area is 117 Å². The number of aromatic amines is 1. The van der Waals surface area contributed by atoms with E-state index in [2.05, 4.69) is 9.97 Å². The second-order valence-corrected chi connectivity index (χ2v) is 6.71. The standard InChI is InChI=1S/C15H14N2O2S/c1-11-6-8-12(9-7-11)10-20(18,19)15-16-13-4-2-3-5-14(13)17-15/h2-9H,10H2,1H3,(H,16,17). The first kappa shape index (κ1) is 12.9. The van der Waals surface area contributed by atoms with Crippen LogP contribution in [0.1, 0.15) is 11.1 Å². The summed E-state index contributed by atoms with van der Waals surface area (Å²) in [4.78, 5) is 7.02. The summed E-state index contributed by atoms with van der Waals surface area (Å²) in [5, 5.41) is 0.0271. The maximum absolute atomic E-state index is 12.4. The molecule has 0 aliphatic carbocycles. The Balaban J connectivity index is 1.96. The number of rotatable bonds is 3. The lowest BCUT2D eigenvalue weighted by atomic mass is 10.2. The highest BCUT2D eigenvalue weighted by molar-refractivity contribution is 7.90. The van der Waals surface area contributed by atoms with Gasteiger partial charge in [-0.25, -0.2) is 13.4 Å². The molecule has 2 aromatic carbocycles. The molecule has 0 aliphatic rings. The average molecular weight is 286 g/mol. The zero-order valence-electron chi connectivity index (χ0n) is 11.0. The first-order chi connectivity index (χ1) is 9.54. The van der Waals surface area contributed by atoms with E-state index in [0.717, 1.165) is 16.6 Å². The van der Waals surface area contributed by atoms with Gasteiger partial charge in [-0.15, -0.1) is 0 Å². The van der Waals surface area contributed by atoms with Crippen molar-refractivity contribution in [3.8, 4) is 0 Å². The van der Waals surface area contributed by atoms with Gasteiger partial charge in [-0.05, 0) is 24.6 Å². The molecule has 0 amide bonds. The number of nitrogens with zero attached hydrogens (tertiary/aromatic N) is 1. The second kappa shape index (κ2) is 4.76. The number of aromatic nitrogens is 2. The van der Waals surface area contributed by atoms with E-state index in [9.17, 15) is 8.42 Å². The predicted octanol–water partition coefficient (Wildman–Crippen LogP) is 2.85. The van der Waals surface area contributed by atoms with Crippen molar-refractivity contribution in [3.05, 3.63) is 59.7 Å². The fraction of sp³-hybridized carbons (Fsp3) is 0.133. The number of aryl methyl sites for hydroxylation is 1. The molecule has 102 valence electrons. The molecule has 0 unspecified atom stereocenters. The van der Waals surface area contributed by atoms with Crippen LogP contribution in [0.15, 0.2) is 53.7 Å². The summed E-state index contributed by atoms with van der Waals surface area (Å²) in [6, 6.07) is 14.7. The number of fused-ring (bicyclic) bond motifs is 1. The van der Waals surface area contributed by atoms with E-state index < -0.39 is 9.84 Å². The first-order valence-electron chi connectivity index (χ1n) is 6.28. The number of H-pyrrole nitrogens is 1. The van der Waals surface area contributed by atoms with Crippen molar-refractivity contribution in [2.24, 2.45) is 0 Å². The van der Waals surface area contributed by atoms with Crippen molar-refractivity contribution in [2.45, 2.75) is 17.8 Å². The Morgan fingerprint density at radius 3 is 2.45 bits per heavy atom. The molecule has 3 aromatic rings. The summed E-state index contributed by atoms with van der Waals surface area (Å²) < 4.78 is 24.7. The van der Waals surface area contributed by atoms with Crippen molar-refractivity contribution in [1.82, 2.24) is 9.97 Å². The Bertz CT molecular complexity index is 816. The highest BCUT2D eigenvalue weighted by atomic mass is 32.2. The molecule has 0 atom stereocenters. The van der Waals surface area contributed by atoms with E-state index in [0.29, 0.717) is 5.52 Å². The molecule has 3 rings (SSSR count). The number of hydrogen-bond acceptors (Lipinski definition) is 3. The summed E-state index contributed by atoms with van der Waals surface area (Å²) in [5.41, 5.74) is 3.26. The molecule has 0 radical (unpaired) electrons. The van der Waals surface area contributed by atoms with E-state index >= 15 is 0 Å². The van der Waals surface area contributed by atoms with Gasteiger partial charge in [0.05, 0.1) is 16.8 Å². The Morgan fingerprint density at radius 2 is 1.75 bits per heavy atom. The number of nitrogens with one attached hydrogen (secondary N) is 1. The van der Waals surface area contributed by atoms with Crippen LogP contribution in [0.2, 0.25) is 0 Å². The van der Waals surface area contributed by atoms with Crippen LogP contribution >= 0.6 is 0 Å². The molecule has 1 N–H and O–H groups in total. The smallest absolute Gasteiger partial charge is 0.226 e. The first-order valence-corrected chi connectivity index (χ1v) is 7.93. The van der Waals surface area contributed by atoms with E-state index in [1.165, 1.54) is 0 Å². The van der Waals surface area contributed by atoms with Crippen LogP contribution in [0, 0.1) is 6.92 Å². The van der Waals surface area contributed by atoms with Crippen LogP contribution in [0.4, 0.5) is 0 Å². The van der Waals surface area contributed by atoms with Gasteiger partial charge in [0, 0.05) is 0 Å². The molecule has 0 fully saturated rings. The summed E-state index contributed by atoms with van der Waals surface area (Å²) >= 11 is 0. The maximum Gasteiger partial charge on any atom is 0.226 e. The maximum atomic E-state index is 12.4. The van der Waals surface area contributed by atoms with Gasteiger partial charge in [0.25, 0.3) is 0 Å². The number of hydrogen-bond donors (Lipinski definition) is 1. The molecule has 0 bridgehead atoms. The molecule has 0 saturated carbocycles. The normalized spacial score (nSPS) is 11.8. The van der Waals surface area contributed by atoms with E-state index in [4.69, 9.17) is 0 Å². The molecule has 0 aliphatic heterocycles. The summed E-state index contributed by atoms with van der Waals surface area (Å²) in [6.45, 7) is 1.97. The lowest BCUT2D eigenvalue weighted by Gasteiger charge is -2.02. The quantitative estimate of drug-likeness (QED) is 0.805. The molecule has 0 spiro atoms. The molecule has 1 aromatic heterocycles. The third-order valence-corrected chi connectivity index (χ3v) is 4.64. The monoisotopic (exact) mass is 286 g/mol. The second-order valence-electron chi connectivity index (χ2n) is 4.80. The number of sulfone groups is 1. The zero-order valence-corrected chi connectivity index (χ0v) is 11.8. The van der Waals surface area contributed by atoms with Crippen LogP contribution in [0.3, 0.4) is 0 Å². The Hall–Kier alpha value is -2.14. The van der Waals surface area contributed by atoms with E-state index in [1.807, 2.05) is 49.4 Å². The zero-order chi connectivity index (χ0) is 14.2. The van der Waals surface area contributed by atoms with Gasteiger partial charge < -0.3 is 4.98 Å². The minimum Gasteiger partial charge on any atom is -0.329 e. The van der Waals surface area contributed by atoms with Gasteiger partial charge in [0.2, 0.25) is 15.0 Å². The van der Waals surface area contributed by atoms with E-state index in [-0.39, 0.29) is 10.9 Å². The molecule has 4 nitrogen and oxygen atoms in total. The molecule has 0 saturated heterocycles. The van der Waals surface area contributed by atoms with Crippen LogP contribution in [0.25, 0.3) is 11.0 Å². The van der Waals surface area contributed by atoms with Gasteiger partial charge in [0.15, 0.2) is 0 Å². The van der Waals surface area contributed by atoms with Gasteiger partial charge in [0.1, 0.15) is 0 Å². The van der Waals surface area contributed by atoms with Crippen LogP contribution < -0.4 is 0 Å². The third kappa shape index (κ3) is 2.44. The third-order valence-electron chi connectivity index (χ3n) is 3.14. The highest BCUT2D eigenvalue weighted by Gasteiger charge is 2.19. The lowest BCUT2D eigenvalue weighted by molar-refractivity contribution is 0.588. The molecule has 5 heteroatoms. The van der Waals surface area contributed by atoms with Crippen molar-refractivity contribution in [2.75, 3.05) is 0 Å². The average Bonchev–Trinajstić information content (AvgIpc) is 2.86. The Kier molecular flexibility index (Phi) is 3.06. The van der Waals surface area contributed by atoms with Gasteiger partial charge in [-0.1, -0.05) is 42.0 Å². The summed E-state index contributed by atoms with van der Waals surface area (Å²) in [5.74, 6) is -0.0485. The van der Waals surface area contributed by atoms with Crippen molar-refractivity contribution >= 4 is 20.9 Å². The van der Waals surface area contributed by atoms with Crippen molar-refractivity contribution < 1.29 is 8.42 Å². The molecule has 20 heavy (non-hydrogen) atoms. The van der Waals surface area contributed by atoms with Crippen molar-refractivity contribution in [1.29, 1.82) is 0 Å². The topological polar surface area (TPSA) is 62.8 Å². The van der Waals surface area contributed by atoms with Crippen LogP contribution in [0.5, 0.6) is 0 Å². The van der Waals surface area contributed by atoms with Crippen molar-refractivity contribution in [3.63, 3.8) is 0 Å². The predicted molar refractivity (Wildman–Crippen MR) is 78.2 cm³/mol.